The van der Waals surface area contributed by atoms with Crippen LogP contribution in [0.15, 0.2) is 12.1 Å². The summed E-state index contributed by atoms with van der Waals surface area (Å²) in [4.78, 5) is 16.6. The number of anilines is 1. The van der Waals surface area contributed by atoms with Gasteiger partial charge in [-0.15, -0.1) is 0 Å². The van der Waals surface area contributed by atoms with Crippen molar-refractivity contribution in [3.8, 4) is 0 Å². The fourth-order valence-corrected chi connectivity index (χ4v) is 2.38. The number of nitrogens with one attached hydrogen (secondary N) is 2. The number of hydrogen-bond donors (Lipinski definition) is 2. The van der Waals surface area contributed by atoms with Crippen LogP contribution < -0.4 is 10.6 Å². The molecule has 1 fully saturated rings. The molecule has 0 aliphatic carbocycles. The molecule has 6 nitrogen and oxygen atoms in total. The average Bonchev–Trinajstić information content (AvgIpc) is 2.94. The molecule has 2 N–H and O–H groups in total. The molecule has 0 radical (unpaired) electrons. The molecule has 1 unspecified atom stereocenters. The molecule has 6 heteroatoms. The molecule has 1 aliphatic rings. The minimum atomic E-state index is -0.401. The van der Waals surface area contributed by atoms with Crippen molar-refractivity contribution >= 4 is 11.7 Å². The second-order valence-electron chi connectivity index (χ2n) is 5.29. The Morgan fingerprint density at radius 1 is 1.52 bits per heavy atom. The van der Waals surface area contributed by atoms with Gasteiger partial charge in [0.25, 0.3) is 5.91 Å². The number of ether oxygens (including phenoxy) is 2. The topological polar surface area (TPSA) is 72.5 Å². The van der Waals surface area contributed by atoms with E-state index in [0.717, 1.165) is 18.7 Å². The van der Waals surface area contributed by atoms with Crippen molar-refractivity contribution in [1.82, 2.24) is 10.3 Å². The van der Waals surface area contributed by atoms with Crippen LogP contribution in [-0.4, -0.2) is 49.9 Å². The summed E-state index contributed by atoms with van der Waals surface area (Å²) < 4.78 is 10.9. The van der Waals surface area contributed by atoms with Crippen LogP contribution in [0, 0.1) is 6.92 Å². The number of pyridine rings is 1. The second-order valence-corrected chi connectivity index (χ2v) is 5.29. The van der Waals surface area contributed by atoms with E-state index in [0.29, 0.717) is 31.1 Å². The van der Waals surface area contributed by atoms with Gasteiger partial charge in [0.1, 0.15) is 11.4 Å². The zero-order valence-corrected chi connectivity index (χ0v) is 12.9. The Labute approximate surface area is 125 Å². The maximum absolute atomic E-state index is 12.3. The van der Waals surface area contributed by atoms with Crippen molar-refractivity contribution in [3.63, 3.8) is 0 Å². The van der Waals surface area contributed by atoms with Gasteiger partial charge in [-0.1, -0.05) is 0 Å². The number of carbonyl (C=O) groups is 1. The Bertz CT molecular complexity index is 499. The van der Waals surface area contributed by atoms with Gasteiger partial charge in [0, 0.05) is 44.5 Å². The monoisotopic (exact) mass is 293 g/mol. The summed E-state index contributed by atoms with van der Waals surface area (Å²) in [6, 6.07) is 3.54. The molecule has 2 rings (SSSR count). The van der Waals surface area contributed by atoms with Crippen LogP contribution >= 0.6 is 0 Å². The van der Waals surface area contributed by atoms with E-state index in [9.17, 15) is 4.79 Å². The number of rotatable bonds is 6. The smallest absolute Gasteiger partial charge is 0.251 e. The first-order chi connectivity index (χ1) is 10.1. The summed E-state index contributed by atoms with van der Waals surface area (Å²) in [5, 5.41) is 6.05. The zero-order valence-electron chi connectivity index (χ0n) is 12.9. The fraction of sp³-hybridized carbons (Fsp3) is 0.600. The minimum Gasteiger partial charge on any atom is -0.378 e. The third kappa shape index (κ3) is 3.92. The van der Waals surface area contributed by atoms with Gasteiger partial charge in [0.2, 0.25) is 0 Å². The van der Waals surface area contributed by atoms with Gasteiger partial charge in [0.15, 0.2) is 0 Å². The number of amides is 1. The fourth-order valence-electron chi connectivity index (χ4n) is 2.38. The predicted molar refractivity (Wildman–Crippen MR) is 80.6 cm³/mol. The lowest BCUT2D eigenvalue weighted by Crippen LogP contribution is -2.45. The maximum Gasteiger partial charge on any atom is 0.251 e. The van der Waals surface area contributed by atoms with Gasteiger partial charge >= 0.3 is 0 Å². The summed E-state index contributed by atoms with van der Waals surface area (Å²) in [5.41, 5.74) is 1.01. The van der Waals surface area contributed by atoms with Crippen LogP contribution in [0.5, 0.6) is 0 Å². The molecule has 0 aromatic carbocycles. The number of nitrogens with zero attached hydrogens (tertiary/aromatic N) is 1. The van der Waals surface area contributed by atoms with Gasteiger partial charge < -0.3 is 20.1 Å². The van der Waals surface area contributed by atoms with Crippen LogP contribution in [0.1, 0.15) is 29.4 Å². The summed E-state index contributed by atoms with van der Waals surface area (Å²) in [6.07, 6.45) is 0.793. The van der Waals surface area contributed by atoms with E-state index in [2.05, 4.69) is 15.6 Å². The Kier molecular flexibility index (Phi) is 5.14. The van der Waals surface area contributed by atoms with E-state index in [-0.39, 0.29) is 5.91 Å². The summed E-state index contributed by atoms with van der Waals surface area (Å²) >= 11 is 0. The van der Waals surface area contributed by atoms with Gasteiger partial charge in [-0.3, -0.25) is 4.79 Å². The molecule has 0 spiro atoms. The van der Waals surface area contributed by atoms with Crippen molar-refractivity contribution in [2.24, 2.45) is 0 Å². The van der Waals surface area contributed by atoms with Crippen molar-refractivity contribution in [1.29, 1.82) is 0 Å². The minimum absolute atomic E-state index is 0.122. The molecular formula is C15H23N3O3. The average molecular weight is 293 g/mol. The standard InChI is InChI=1S/C15H23N3O3/c1-4-16-13-8-12(7-11(2)18-13)14(19)17-9-15(20-3)5-6-21-10-15/h7-8H,4-6,9-10H2,1-3H3,(H,16,18)(H,17,19). The molecule has 1 aliphatic heterocycles. The molecule has 1 aromatic heterocycles. The number of aryl methyl sites for hydroxylation is 1. The first kappa shape index (κ1) is 15.7. The van der Waals surface area contributed by atoms with Gasteiger partial charge in [0.05, 0.1) is 6.61 Å². The third-order valence-corrected chi connectivity index (χ3v) is 3.64. The number of hydrogen-bond acceptors (Lipinski definition) is 5. The van der Waals surface area contributed by atoms with Crippen LogP contribution in [0.25, 0.3) is 0 Å². The summed E-state index contributed by atoms with van der Waals surface area (Å²) in [6.45, 7) is 6.26. The van der Waals surface area contributed by atoms with Crippen LogP contribution in [0.3, 0.4) is 0 Å². The predicted octanol–water partition coefficient (Wildman–Crippen LogP) is 1.36. The quantitative estimate of drug-likeness (QED) is 0.828. The highest BCUT2D eigenvalue weighted by atomic mass is 16.5. The number of aromatic nitrogens is 1. The third-order valence-electron chi connectivity index (χ3n) is 3.64. The lowest BCUT2D eigenvalue weighted by Gasteiger charge is -2.25. The molecule has 1 saturated heterocycles. The van der Waals surface area contributed by atoms with Crippen molar-refractivity contribution in [2.45, 2.75) is 25.9 Å². The second kappa shape index (κ2) is 6.87. The van der Waals surface area contributed by atoms with E-state index < -0.39 is 5.60 Å². The largest absolute Gasteiger partial charge is 0.378 e. The molecule has 0 saturated carbocycles. The summed E-state index contributed by atoms with van der Waals surface area (Å²) in [5.74, 6) is 0.594. The van der Waals surface area contributed by atoms with Crippen molar-refractivity contribution < 1.29 is 14.3 Å². The molecular weight excluding hydrogens is 270 g/mol. The molecule has 1 aromatic rings. The lowest BCUT2D eigenvalue weighted by molar-refractivity contribution is -0.0148. The van der Waals surface area contributed by atoms with E-state index in [1.807, 2.05) is 13.8 Å². The molecule has 0 bridgehead atoms. The zero-order chi connectivity index (χ0) is 15.3. The highest BCUT2D eigenvalue weighted by Gasteiger charge is 2.35. The van der Waals surface area contributed by atoms with E-state index in [4.69, 9.17) is 9.47 Å². The Morgan fingerprint density at radius 3 is 2.95 bits per heavy atom. The first-order valence-corrected chi connectivity index (χ1v) is 7.22. The van der Waals surface area contributed by atoms with E-state index in [1.165, 1.54) is 0 Å². The lowest BCUT2D eigenvalue weighted by atomic mass is 10.0. The summed E-state index contributed by atoms with van der Waals surface area (Å²) in [7, 11) is 1.65. The van der Waals surface area contributed by atoms with Gasteiger partial charge in [-0.2, -0.15) is 0 Å². The van der Waals surface area contributed by atoms with E-state index >= 15 is 0 Å². The molecule has 116 valence electrons. The molecule has 1 atom stereocenters. The normalized spacial score (nSPS) is 21.3. The van der Waals surface area contributed by atoms with Crippen LogP contribution in [-0.2, 0) is 9.47 Å². The number of methoxy groups -OCH3 is 1. The molecule has 1 amide bonds. The SMILES string of the molecule is CCNc1cc(C(=O)NCC2(OC)CCOC2)cc(C)n1. The maximum atomic E-state index is 12.3. The Balaban J connectivity index is 2.02. The van der Waals surface area contributed by atoms with Crippen LogP contribution in [0.2, 0.25) is 0 Å². The first-order valence-electron chi connectivity index (χ1n) is 7.22. The van der Waals surface area contributed by atoms with Gasteiger partial charge in [-0.05, 0) is 26.0 Å². The molecule has 2 heterocycles. The highest BCUT2D eigenvalue weighted by molar-refractivity contribution is 5.95. The highest BCUT2D eigenvalue weighted by Crippen LogP contribution is 2.21. The van der Waals surface area contributed by atoms with Gasteiger partial charge in [-0.25, -0.2) is 4.98 Å². The van der Waals surface area contributed by atoms with Crippen molar-refractivity contribution in [2.75, 3.05) is 38.7 Å². The Hall–Kier alpha value is -1.66. The van der Waals surface area contributed by atoms with E-state index in [1.54, 1.807) is 19.2 Å². The number of carbonyl (C=O) groups excluding carboxylic acids is 1. The van der Waals surface area contributed by atoms with Crippen molar-refractivity contribution in [3.05, 3.63) is 23.4 Å². The molecule has 21 heavy (non-hydrogen) atoms. The van der Waals surface area contributed by atoms with Crippen LogP contribution in [0.4, 0.5) is 5.82 Å². The Morgan fingerprint density at radius 2 is 2.33 bits per heavy atom.